The van der Waals surface area contributed by atoms with E-state index in [4.69, 9.17) is 0 Å². The molecule has 0 atom stereocenters. The number of hydrogen-bond donors (Lipinski definition) is 0. The van der Waals surface area contributed by atoms with Crippen LogP contribution in [0.2, 0.25) is 0 Å². The smallest absolute Gasteiger partial charge is 0.236 e. The van der Waals surface area contributed by atoms with Crippen LogP contribution in [-0.2, 0) is 5.92 Å². The first-order valence-corrected chi connectivity index (χ1v) is 5.22. The third kappa shape index (κ3) is 2.13. The van der Waals surface area contributed by atoms with Crippen molar-refractivity contribution in [1.29, 1.82) is 0 Å². The molecule has 92 valence electrons. The average Bonchev–Trinajstić information content (AvgIpc) is 2.44. The molecule has 0 aliphatic rings. The molecule has 3 nitrogen and oxygen atoms in total. The number of rotatable bonds is 2. The van der Waals surface area contributed by atoms with Crippen molar-refractivity contribution in [3.63, 3.8) is 0 Å². The lowest BCUT2D eigenvalue weighted by atomic mass is 10.2. The van der Waals surface area contributed by atoms with E-state index in [1.807, 2.05) is 0 Å². The Hall–Kier alpha value is -0.480. The first kappa shape index (κ1) is 13.6. The summed E-state index contributed by atoms with van der Waals surface area (Å²) in [6.07, 6.45) is -5.66. The Labute approximate surface area is 101 Å². The summed E-state index contributed by atoms with van der Waals surface area (Å²) in [6.45, 7) is 3.21. The van der Waals surface area contributed by atoms with E-state index in [2.05, 4.69) is 10.3 Å². The Morgan fingerprint density at radius 1 is 1.19 bits per heavy atom. The summed E-state index contributed by atoms with van der Waals surface area (Å²) in [7, 11) is 0. The summed E-state index contributed by atoms with van der Waals surface area (Å²) >= 11 is 1.37. The quantitative estimate of drug-likeness (QED) is 0.603. The van der Waals surface area contributed by atoms with Gasteiger partial charge in [0.25, 0.3) is 0 Å². The molecule has 0 fully saturated rings. The second kappa shape index (κ2) is 4.08. The highest BCUT2D eigenvalue weighted by Gasteiger charge is 2.61. The normalized spacial score (nSPS) is 13.6. The van der Waals surface area contributed by atoms with Gasteiger partial charge >= 0.3 is 12.1 Å². The van der Waals surface area contributed by atoms with Crippen molar-refractivity contribution in [3.05, 3.63) is 9.39 Å². The van der Waals surface area contributed by atoms with E-state index in [0.717, 1.165) is 4.68 Å². The van der Waals surface area contributed by atoms with E-state index in [-0.39, 0.29) is 9.74 Å². The summed E-state index contributed by atoms with van der Waals surface area (Å²) in [5.74, 6) is -4.98. The summed E-state index contributed by atoms with van der Waals surface area (Å²) in [6, 6.07) is -0.336. The van der Waals surface area contributed by atoms with Gasteiger partial charge in [-0.1, -0.05) is 5.21 Å². The Kier molecular flexibility index (Phi) is 3.46. The van der Waals surface area contributed by atoms with Gasteiger partial charge in [-0.2, -0.15) is 22.0 Å². The molecule has 0 aliphatic heterocycles. The van der Waals surface area contributed by atoms with Crippen LogP contribution in [-0.4, -0.2) is 21.2 Å². The first-order valence-electron chi connectivity index (χ1n) is 4.14. The van der Waals surface area contributed by atoms with Crippen LogP contribution in [0.3, 0.4) is 0 Å². The fourth-order valence-electron chi connectivity index (χ4n) is 0.938. The molecule has 1 aromatic rings. The van der Waals surface area contributed by atoms with E-state index in [9.17, 15) is 22.0 Å². The Bertz CT molecular complexity index is 384. The van der Waals surface area contributed by atoms with Crippen LogP contribution < -0.4 is 0 Å². The zero-order valence-electron chi connectivity index (χ0n) is 8.19. The van der Waals surface area contributed by atoms with Crippen molar-refractivity contribution < 1.29 is 22.0 Å². The van der Waals surface area contributed by atoms with Gasteiger partial charge in [-0.15, -0.1) is 5.10 Å². The molecular weight excluding hydrogens is 348 g/mol. The predicted octanol–water partition coefficient (Wildman–Crippen LogP) is 3.12. The third-order valence-corrected chi connectivity index (χ3v) is 2.79. The number of halogens is 6. The number of nitrogens with zero attached hydrogens (tertiary/aromatic N) is 3. The van der Waals surface area contributed by atoms with Crippen LogP contribution in [0.15, 0.2) is 0 Å². The minimum Gasteiger partial charge on any atom is -0.236 e. The first-order chi connectivity index (χ1) is 7.09. The lowest BCUT2D eigenvalue weighted by molar-refractivity contribution is -0.291. The highest BCUT2D eigenvalue weighted by Crippen LogP contribution is 2.44. The van der Waals surface area contributed by atoms with E-state index in [1.54, 1.807) is 13.8 Å². The van der Waals surface area contributed by atoms with Gasteiger partial charge in [0, 0.05) is 6.04 Å². The van der Waals surface area contributed by atoms with Crippen LogP contribution >= 0.6 is 22.6 Å². The Balaban J connectivity index is 3.25. The molecule has 0 amide bonds. The molecule has 0 spiro atoms. The Morgan fingerprint density at radius 2 is 1.69 bits per heavy atom. The van der Waals surface area contributed by atoms with Crippen molar-refractivity contribution in [2.75, 3.05) is 0 Å². The van der Waals surface area contributed by atoms with Crippen LogP contribution in [0, 0.1) is 3.70 Å². The summed E-state index contributed by atoms with van der Waals surface area (Å²) in [5.41, 5.74) is -1.35. The molecule has 0 unspecified atom stereocenters. The number of hydrogen-bond acceptors (Lipinski definition) is 2. The second-order valence-electron chi connectivity index (χ2n) is 3.34. The fourth-order valence-corrected chi connectivity index (χ4v) is 2.04. The average molecular weight is 355 g/mol. The van der Waals surface area contributed by atoms with E-state index in [1.165, 1.54) is 22.6 Å². The van der Waals surface area contributed by atoms with Crippen molar-refractivity contribution in [2.45, 2.75) is 32.0 Å². The van der Waals surface area contributed by atoms with Gasteiger partial charge in [0.15, 0.2) is 5.69 Å². The monoisotopic (exact) mass is 355 g/mol. The van der Waals surface area contributed by atoms with Crippen LogP contribution in [0.1, 0.15) is 25.6 Å². The van der Waals surface area contributed by atoms with Gasteiger partial charge in [0.1, 0.15) is 3.70 Å². The van der Waals surface area contributed by atoms with E-state index >= 15 is 0 Å². The zero-order valence-corrected chi connectivity index (χ0v) is 10.3. The standard InChI is InChI=1S/C7H7F5IN3/c1-3(2)16-5(13)4(14-15-16)6(8,9)7(10,11)12/h3H,1-2H3. The fraction of sp³-hybridized carbons (Fsp3) is 0.714. The van der Waals surface area contributed by atoms with Gasteiger partial charge in [-0.05, 0) is 36.4 Å². The van der Waals surface area contributed by atoms with Crippen molar-refractivity contribution in [3.8, 4) is 0 Å². The SMILES string of the molecule is CC(C)n1nnc(C(F)(F)C(F)(F)F)c1I. The highest BCUT2D eigenvalue weighted by atomic mass is 127. The molecule has 0 saturated carbocycles. The van der Waals surface area contributed by atoms with E-state index < -0.39 is 17.8 Å². The van der Waals surface area contributed by atoms with Gasteiger partial charge in [0.2, 0.25) is 0 Å². The highest BCUT2D eigenvalue weighted by molar-refractivity contribution is 14.1. The Morgan fingerprint density at radius 3 is 2.00 bits per heavy atom. The molecule has 1 heterocycles. The predicted molar refractivity (Wildman–Crippen MR) is 53.1 cm³/mol. The van der Waals surface area contributed by atoms with Crippen molar-refractivity contribution >= 4 is 22.6 Å². The lowest BCUT2D eigenvalue weighted by Gasteiger charge is -2.17. The van der Waals surface area contributed by atoms with Crippen LogP contribution in [0.5, 0.6) is 0 Å². The topological polar surface area (TPSA) is 30.7 Å². The molecule has 0 saturated heterocycles. The van der Waals surface area contributed by atoms with Gasteiger partial charge in [-0.3, -0.25) is 0 Å². The zero-order chi connectivity index (χ0) is 12.7. The number of aromatic nitrogens is 3. The maximum absolute atomic E-state index is 13.0. The maximum Gasteiger partial charge on any atom is 0.459 e. The summed E-state index contributed by atoms with van der Waals surface area (Å²) < 4.78 is 62.8. The molecule has 1 aromatic heterocycles. The second-order valence-corrected chi connectivity index (χ2v) is 4.36. The molecule has 0 bridgehead atoms. The van der Waals surface area contributed by atoms with Gasteiger partial charge in [-0.25, -0.2) is 4.68 Å². The van der Waals surface area contributed by atoms with Crippen LogP contribution in [0.4, 0.5) is 22.0 Å². The minimum atomic E-state index is -5.66. The van der Waals surface area contributed by atoms with Gasteiger partial charge < -0.3 is 0 Å². The summed E-state index contributed by atoms with van der Waals surface area (Å²) in [5, 5.41) is 6.18. The molecule has 9 heteroatoms. The van der Waals surface area contributed by atoms with Crippen LogP contribution in [0.25, 0.3) is 0 Å². The molecule has 0 aliphatic carbocycles. The van der Waals surface area contributed by atoms with Crippen molar-refractivity contribution in [1.82, 2.24) is 15.0 Å². The maximum atomic E-state index is 13.0. The molecule has 1 rings (SSSR count). The molecule has 0 aromatic carbocycles. The number of alkyl halides is 5. The minimum absolute atomic E-state index is 0.310. The molecular formula is C7H7F5IN3. The largest absolute Gasteiger partial charge is 0.459 e. The third-order valence-electron chi connectivity index (χ3n) is 1.78. The van der Waals surface area contributed by atoms with E-state index in [0.29, 0.717) is 0 Å². The van der Waals surface area contributed by atoms with Crippen molar-refractivity contribution in [2.24, 2.45) is 0 Å². The summed E-state index contributed by atoms with van der Waals surface area (Å²) in [4.78, 5) is 0. The molecule has 0 N–H and O–H groups in total. The molecule has 16 heavy (non-hydrogen) atoms. The lowest BCUT2D eigenvalue weighted by Crippen LogP contribution is -2.35. The van der Waals surface area contributed by atoms with Gasteiger partial charge in [0.05, 0.1) is 0 Å². The molecule has 0 radical (unpaired) electrons.